The fraction of sp³-hybridized carbons (Fsp3) is 0.455. The van der Waals surface area contributed by atoms with Crippen molar-refractivity contribution in [3.63, 3.8) is 0 Å². The van der Waals surface area contributed by atoms with Crippen molar-refractivity contribution < 1.29 is 0 Å². The van der Waals surface area contributed by atoms with Crippen LogP contribution in [-0.2, 0) is 6.42 Å². The van der Waals surface area contributed by atoms with Crippen LogP contribution in [0.3, 0.4) is 0 Å². The van der Waals surface area contributed by atoms with Crippen LogP contribution in [0.15, 0.2) is 11.6 Å². The molecule has 2 aromatic rings. The van der Waals surface area contributed by atoms with Crippen LogP contribution >= 0.6 is 22.7 Å². The maximum absolute atomic E-state index is 5.57. The van der Waals surface area contributed by atoms with E-state index in [0.717, 1.165) is 22.1 Å². The Hall–Kier alpha value is -0.780. The monoisotopic (exact) mass is 253 g/mol. The molecule has 16 heavy (non-hydrogen) atoms. The van der Waals surface area contributed by atoms with Gasteiger partial charge in [0.15, 0.2) is 0 Å². The van der Waals surface area contributed by atoms with Crippen molar-refractivity contribution in [2.24, 2.45) is 5.73 Å². The number of nitrogens with two attached hydrogens (primary N) is 1. The normalized spacial score (nSPS) is 11.2. The van der Waals surface area contributed by atoms with E-state index < -0.39 is 0 Å². The third-order valence-electron chi connectivity index (χ3n) is 2.22. The summed E-state index contributed by atoms with van der Waals surface area (Å²) in [6, 6.07) is 0. The Kier molecular flexibility index (Phi) is 3.68. The van der Waals surface area contributed by atoms with Crippen LogP contribution in [0.25, 0.3) is 10.7 Å². The van der Waals surface area contributed by atoms with E-state index in [4.69, 9.17) is 5.73 Å². The van der Waals surface area contributed by atoms with Gasteiger partial charge in [-0.2, -0.15) is 0 Å². The summed E-state index contributed by atoms with van der Waals surface area (Å²) in [5.74, 6) is 0.489. The number of nitrogens with zero attached hydrogens (tertiary/aromatic N) is 2. The van der Waals surface area contributed by atoms with Gasteiger partial charge in [0.1, 0.15) is 10.7 Å². The summed E-state index contributed by atoms with van der Waals surface area (Å²) in [6.45, 7) is 5.04. The minimum absolute atomic E-state index is 0.489. The van der Waals surface area contributed by atoms with Crippen molar-refractivity contribution in [1.29, 1.82) is 0 Å². The van der Waals surface area contributed by atoms with Gasteiger partial charge in [-0.1, -0.05) is 13.8 Å². The summed E-state index contributed by atoms with van der Waals surface area (Å²) in [6.07, 6.45) is 2.68. The second-order valence-corrected chi connectivity index (χ2v) is 5.86. The summed E-state index contributed by atoms with van der Waals surface area (Å²) in [5, 5.41) is 4.13. The third-order valence-corrected chi connectivity index (χ3v) is 4.41. The van der Waals surface area contributed by atoms with Crippen LogP contribution in [0.1, 0.15) is 29.7 Å². The summed E-state index contributed by atoms with van der Waals surface area (Å²) < 4.78 is 0. The summed E-state index contributed by atoms with van der Waals surface area (Å²) >= 11 is 3.41. The van der Waals surface area contributed by atoms with Gasteiger partial charge in [0, 0.05) is 22.9 Å². The summed E-state index contributed by atoms with van der Waals surface area (Å²) in [4.78, 5) is 10.3. The van der Waals surface area contributed by atoms with E-state index in [2.05, 4.69) is 23.8 Å². The lowest BCUT2D eigenvalue weighted by molar-refractivity contribution is 0.886. The fourth-order valence-electron chi connectivity index (χ4n) is 1.49. The van der Waals surface area contributed by atoms with Crippen LogP contribution < -0.4 is 5.73 Å². The van der Waals surface area contributed by atoms with Gasteiger partial charge >= 0.3 is 0 Å². The highest BCUT2D eigenvalue weighted by atomic mass is 32.1. The number of aromatic nitrogens is 2. The van der Waals surface area contributed by atoms with Crippen molar-refractivity contribution in [1.82, 2.24) is 9.97 Å². The topological polar surface area (TPSA) is 51.8 Å². The van der Waals surface area contributed by atoms with Gasteiger partial charge in [-0.05, 0) is 12.5 Å². The first-order valence-corrected chi connectivity index (χ1v) is 7.01. The zero-order valence-corrected chi connectivity index (χ0v) is 11.1. The van der Waals surface area contributed by atoms with E-state index >= 15 is 0 Å². The second-order valence-electron chi connectivity index (χ2n) is 3.85. The van der Waals surface area contributed by atoms with Crippen LogP contribution in [0.5, 0.6) is 0 Å². The Labute approximate surface area is 103 Å². The van der Waals surface area contributed by atoms with E-state index in [1.165, 1.54) is 4.88 Å². The molecule has 0 fully saturated rings. The van der Waals surface area contributed by atoms with E-state index in [1.807, 2.05) is 11.6 Å². The molecule has 2 heterocycles. The van der Waals surface area contributed by atoms with Crippen LogP contribution in [0.4, 0.5) is 0 Å². The predicted molar refractivity (Wildman–Crippen MR) is 70.1 cm³/mol. The third kappa shape index (κ3) is 2.31. The molecule has 0 aromatic carbocycles. The molecule has 3 nitrogen and oxygen atoms in total. The Morgan fingerprint density at radius 1 is 1.44 bits per heavy atom. The Morgan fingerprint density at radius 2 is 2.25 bits per heavy atom. The zero-order valence-electron chi connectivity index (χ0n) is 9.43. The highest BCUT2D eigenvalue weighted by molar-refractivity contribution is 7.14. The van der Waals surface area contributed by atoms with Crippen molar-refractivity contribution in [3.8, 4) is 10.7 Å². The first-order chi connectivity index (χ1) is 7.72. The number of thiazole rings is 2. The molecule has 86 valence electrons. The standard InChI is InChI=1S/C11H15N3S2/c1-7(2)10-9(11-13-5-6-15-11)14-8(16-10)3-4-12/h5-7H,3-4,12H2,1-2H3. The molecule has 0 radical (unpaired) electrons. The van der Waals surface area contributed by atoms with Gasteiger partial charge in [0.05, 0.1) is 5.01 Å². The molecule has 0 unspecified atom stereocenters. The Balaban J connectivity index is 2.42. The summed E-state index contributed by atoms with van der Waals surface area (Å²) in [5.41, 5.74) is 6.62. The maximum Gasteiger partial charge on any atom is 0.142 e. The van der Waals surface area contributed by atoms with Gasteiger partial charge < -0.3 is 5.73 Å². The molecule has 2 aromatic heterocycles. The molecular weight excluding hydrogens is 238 g/mol. The smallest absolute Gasteiger partial charge is 0.142 e. The van der Waals surface area contributed by atoms with Gasteiger partial charge in [0.2, 0.25) is 0 Å². The Morgan fingerprint density at radius 3 is 2.81 bits per heavy atom. The van der Waals surface area contributed by atoms with E-state index in [-0.39, 0.29) is 0 Å². The van der Waals surface area contributed by atoms with Gasteiger partial charge in [0.25, 0.3) is 0 Å². The SMILES string of the molecule is CC(C)c1sc(CCN)nc1-c1nccs1. The molecule has 5 heteroatoms. The van der Waals surface area contributed by atoms with Crippen molar-refractivity contribution in [2.45, 2.75) is 26.2 Å². The molecule has 2 rings (SSSR count). The minimum atomic E-state index is 0.489. The van der Waals surface area contributed by atoms with Crippen molar-refractivity contribution in [3.05, 3.63) is 21.5 Å². The van der Waals surface area contributed by atoms with E-state index in [1.54, 1.807) is 22.7 Å². The van der Waals surface area contributed by atoms with Gasteiger partial charge in [-0.25, -0.2) is 9.97 Å². The summed E-state index contributed by atoms with van der Waals surface area (Å²) in [7, 11) is 0. The first kappa shape index (κ1) is 11.7. The fourth-order valence-corrected chi connectivity index (χ4v) is 3.28. The molecular formula is C11H15N3S2. The van der Waals surface area contributed by atoms with Gasteiger partial charge in [-0.15, -0.1) is 22.7 Å². The van der Waals surface area contributed by atoms with E-state index in [9.17, 15) is 0 Å². The molecule has 0 bridgehead atoms. The van der Waals surface area contributed by atoms with Crippen LogP contribution in [-0.4, -0.2) is 16.5 Å². The Bertz CT molecular complexity index is 446. The van der Waals surface area contributed by atoms with Crippen molar-refractivity contribution in [2.75, 3.05) is 6.54 Å². The lowest BCUT2D eigenvalue weighted by Crippen LogP contribution is -2.01. The second kappa shape index (κ2) is 5.03. The zero-order chi connectivity index (χ0) is 11.5. The molecule has 2 N–H and O–H groups in total. The first-order valence-electron chi connectivity index (χ1n) is 5.32. The number of rotatable bonds is 4. The predicted octanol–water partition coefficient (Wildman–Crippen LogP) is 2.89. The minimum Gasteiger partial charge on any atom is -0.330 e. The molecule has 0 saturated heterocycles. The largest absolute Gasteiger partial charge is 0.330 e. The highest BCUT2D eigenvalue weighted by Crippen LogP contribution is 2.34. The van der Waals surface area contributed by atoms with E-state index in [0.29, 0.717) is 12.5 Å². The molecule has 0 aliphatic carbocycles. The number of hydrogen-bond acceptors (Lipinski definition) is 5. The lowest BCUT2D eigenvalue weighted by Gasteiger charge is -2.01. The molecule has 0 saturated carbocycles. The number of hydrogen-bond donors (Lipinski definition) is 1. The molecule has 0 aliphatic heterocycles. The highest BCUT2D eigenvalue weighted by Gasteiger charge is 2.16. The average molecular weight is 253 g/mol. The van der Waals surface area contributed by atoms with Crippen molar-refractivity contribution >= 4 is 22.7 Å². The molecule has 0 atom stereocenters. The average Bonchev–Trinajstić information content (AvgIpc) is 2.83. The quantitative estimate of drug-likeness (QED) is 0.911. The van der Waals surface area contributed by atoms with Gasteiger partial charge in [-0.3, -0.25) is 0 Å². The molecule has 0 spiro atoms. The van der Waals surface area contributed by atoms with Crippen LogP contribution in [0, 0.1) is 0 Å². The van der Waals surface area contributed by atoms with Crippen LogP contribution in [0.2, 0.25) is 0 Å². The lowest BCUT2D eigenvalue weighted by atomic mass is 10.1. The molecule has 0 aliphatic rings. The molecule has 0 amide bonds. The maximum atomic E-state index is 5.57.